The van der Waals surface area contributed by atoms with Crippen LogP contribution >= 0.6 is 0 Å². The lowest BCUT2D eigenvalue weighted by Crippen LogP contribution is -2.63. The largest absolute Gasteiger partial charge is 0.508 e. The summed E-state index contributed by atoms with van der Waals surface area (Å²) in [6.45, 7) is 19.1. The van der Waals surface area contributed by atoms with Gasteiger partial charge >= 0.3 is 6.16 Å². The van der Waals surface area contributed by atoms with Gasteiger partial charge in [-0.3, -0.25) is 0 Å². The third-order valence-electron chi connectivity index (χ3n) is 6.28. The molecule has 1 aliphatic carbocycles. The Labute approximate surface area is 137 Å². The van der Waals surface area contributed by atoms with Crippen LogP contribution in [0.1, 0.15) is 75.7 Å². The van der Waals surface area contributed by atoms with E-state index < -0.39 is 6.16 Å². The Morgan fingerprint density at radius 1 is 1.09 bits per heavy atom. The molecule has 2 aliphatic rings. The zero-order chi connectivity index (χ0) is 16.3. The van der Waals surface area contributed by atoms with Crippen LogP contribution in [0.15, 0.2) is 0 Å². The maximum atomic E-state index is 11.5. The Balaban J connectivity index is 0.00000242. The molecule has 4 atom stereocenters. The summed E-state index contributed by atoms with van der Waals surface area (Å²) in [5.41, 5.74) is 0.388. The number of carbonyl (C=O) groups excluding carboxylic acids is 1. The molecule has 0 aromatic carbocycles. The first-order valence-corrected chi connectivity index (χ1v) is 8.16. The average Bonchev–Trinajstić information content (AvgIpc) is 2.27. The molecule has 3 nitrogen and oxygen atoms in total. The van der Waals surface area contributed by atoms with Crippen LogP contribution < -0.4 is 0 Å². The number of hydrogen-bond donors (Lipinski definition) is 0. The molecule has 0 amide bonds. The van der Waals surface area contributed by atoms with Crippen LogP contribution in [0.2, 0.25) is 0 Å². The van der Waals surface area contributed by atoms with Gasteiger partial charge in [0.05, 0.1) is 0 Å². The Morgan fingerprint density at radius 2 is 1.64 bits per heavy atom. The van der Waals surface area contributed by atoms with Crippen LogP contribution in [0.3, 0.4) is 0 Å². The van der Waals surface area contributed by atoms with Gasteiger partial charge in [-0.05, 0) is 35.0 Å². The van der Waals surface area contributed by atoms with Crippen molar-refractivity contribution < 1.29 is 14.3 Å². The lowest BCUT2D eigenvalue weighted by atomic mass is 9.42. The fourth-order valence-electron chi connectivity index (χ4n) is 5.31. The minimum atomic E-state index is -0.496. The van der Waals surface area contributed by atoms with Crippen molar-refractivity contribution in [3.05, 3.63) is 0 Å². The number of fused-ring (bicyclic) bond motifs is 1. The fraction of sp³-hybridized carbons (Fsp3) is 0.947. The fourth-order valence-corrected chi connectivity index (χ4v) is 5.31. The van der Waals surface area contributed by atoms with Gasteiger partial charge in [-0.25, -0.2) is 4.79 Å². The summed E-state index contributed by atoms with van der Waals surface area (Å²) in [5, 5.41) is 0. The standard InChI is InChI=1S/C18H32O3.CH4/c1-15(2,3)13-17(7)11-20-14(19)21-12(17)9-10-18(13,8)16(4,5)6;/h12-13H,9-11H2,1-8H3;1H4/t12-,13?,17-,18+;/m1./s1. The Bertz CT molecular complexity index is 429. The van der Waals surface area contributed by atoms with Gasteiger partial charge in [0.2, 0.25) is 0 Å². The second-order valence-corrected chi connectivity index (χ2v) is 9.66. The molecule has 1 heterocycles. The Hall–Kier alpha value is -0.730. The third-order valence-corrected chi connectivity index (χ3v) is 6.28. The maximum absolute atomic E-state index is 11.5. The molecule has 0 bridgehead atoms. The van der Waals surface area contributed by atoms with E-state index in [0.29, 0.717) is 12.5 Å². The van der Waals surface area contributed by atoms with Crippen LogP contribution in [0.25, 0.3) is 0 Å². The summed E-state index contributed by atoms with van der Waals surface area (Å²) in [6, 6.07) is 0. The van der Waals surface area contributed by atoms with Gasteiger partial charge < -0.3 is 9.47 Å². The summed E-state index contributed by atoms with van der Waals surface area (Å²) in [5.74, 6) is 0.421. The van der Waals surface area contributed by atoms with E-state index in [2.05, 4.69) is 55.4 Å². The highest BCUT2D eigenvalue weighted by atomic mass is 16.7. The minimum absolute atomic E-state index is 0. The topological polar surface area (TPSA) is 35.5 Å². The third kappa shape index (κ3) is 2.76. The molecule has 0 N–H and O–H groups in total. The van der Waals surface area contributed by atoms with E-state index in [1.165, 1.54) is 0 Å². The Kier molecular flexibility index (Phi) is 4.76. The van der Waals surface area contributed by atoms with E-state index in [9.17, 15) is 4.79 Å². The number of ether oxygens (including phenoxy) is 2. The summed E-state index contributed by atoms with van der Waals surface area (Å²) in [7, 11) is 0. The van der Waals surface area contributed by atoms with Crippen molar-refractivity contribution in [1.82, 2.24) is 0 Å². The van der Waals surface area contributed by atoms with Crippen molar-refractivity contribution in [2.24, 2.45) is 27.6 Å². The van der Waals surface area contributed by atoms with Crippen LogP contribution in [0, 0.1) is 27.6 Å². The van der Waals surface area contributed by atoms with E-state index in [-0.39, 0.29) is 35.2 Å². The SMILES string of the molecule is C.CC(C)(C)C1[C@]2(C)COC(=O)O[C@@H]2CC[C@]1(C)C(C)(C)C. The van der Waals surface area contributed by atoms with Gasteiger partial charge in [0.25, 0.3) is 0 Å². The molecule has 130 valence electrons. The first-order valence-electron chi connectivity index (χ1n) is 8.16. The molecule has 0 aromatic rings. The van der Waals surface area contributed by atoms with Gasteiger partial charge in [-0.15, -0.1) is 0 Å². The van der Waals surface area contributed by atoms with Crippen LogP contribution in [-0.2, 0) is 9.47 Å². The molecule has 2 fully saturated rings. The van der Waals surface area contributed by atoms with E-state index >= 15 is 0 Å². The van der Waals surface area contributed by atoms with Gasteiger partial charge in [-0.1, -0.05) is 62.8 Å². The normalized spacial score (nSPS) is 39.2. The molecule has 1 unspecified atom stereocenters. The first kappa shape index (κ1) is 19.3. The molecular formula is C19H36O3. The molecule has 1 aliphatic heterocycles. The van der Waals surface area contributed by atoms with Gasteiger partial charge in [0.15, 0.2) is 0 Å². The second-order valence-electron chi connectivity index (χ2n) is 9.66. The number of hydrogen-bond acceptors (Lipinski definition) is 3. The number of cyclic esters (lactones) is 1. The summed E-state index contributed by atoms with van der Waals surface area (Å²) >= 11 is 0. The van der Waals surface area contributed by atoms with Crippen molar-refractivity contribution in [2.45, 2.75) is 81.8 Å². The lowest BCUT2D eigenvalue weighted by Gasteiger charge is -2.64. The molecule has 0 spiro atoms. The highest BCUT2D eigenvalue weighted by Crippen LogP contribution is 2.65. The molecular weight excluding hydrogens is 276 g/mol. The van der Waals surface area contributed by atoms with Crippen molar-refractivity contribution in [3.63, 3.8) is 0 Å². The molecule has 22 heavy (non-hydrogen) atoms. The van der Waals surface area contributed by atoms with Crippen LogP contribution in [0.5, 0.6) is 0 Å². The monoisotopic (exact) mass is 312 g/mol. The van der Waals surface area contributed by atoms with Gasteiger partial charge in [0, 0.05) is 5.41 Å². The predicted octanol–water partition coefficient (Wildman–Crippen LogP) is 5.67. The molecule has 1 saturated heterocycles. The highest BCUT2D eigenvalue weighted by Gasteiger charge is 2.63. The first-order chi connectivity index (χ1) is 9.32. The molecule has 2 rings (SSSR count). The zero-order valence-electron chi connectivity index (χ0n) is 15.0. The average molecular weight is 312 g/mol. The zero-order valence-corrected chi connectivity index (χ0v) is 15.0. The van der Waals surface area contributed by atoms with Crippen LogP contribution in [0.4, 0.5) is 4.79 Å². The Morgan fingerprint density at radius 3 is 2.09 bits per heavy atom. The van der Waals surface area contributed by atoms with E-state index in [4.69, 9.17) is 9.47 Å². The van der Waals surface area contributed by atoms with Crippen molar-refractivity contribution in [3.8, 4) is 0 Å². The van der Waals surface area contributed by atoms with Crippen molar-refractivity contribution in [1.29, 1.82) is 0 Å². The van der Waals surface area contributed by atoms with E-state index in [0.717, 1.165) is 12.8 Å². The predicted molar refractivity (Wildman–Crippen MR) is 90.8 cm³/mol. The lowest BCUT2D eigenvalue weighted by molar-refractivity contribution is -0.223. The molecule has 0 aromatic heterocycles. The number of carbonyl (C=O) groups is 1. The smallest absolute Gasteiger partial charge is 0.434 e. The number of rotatable bonds is 0. The quantitative estimate of drug-likeness (QED) is 0.540. The molecule has 0 radical (unpaired) electrons. The highest BCUT2D eigenvalue weighted by molar-refractivity contribution is 5.61. The van der Waals surface area contributed by atoms with Crippen molar-refractivity contribution in [2.75, 3.05) is 6.61 Å². The molecule has 1 saturated carbocycles. The van der Waals surface area contributed by atoms with Gasteiger partial charge in [-0.2, -0.15) is 0 Å². The summed E-state index contributed by atoms with van der Waals surface area (Å²) < 4.78 is 10.9. The van der Waals surface area contributed by atoms with Crippen LogP contribution in [-0.4, -0.2) is 18.9 Å². The van der Waals surface area contributed by atoms with E-state index in [1.807, 2.05) is 0 Å². The second kappa shape index (κ2) is 5.42. The van der Waals surface area contributed by atoms with E-state index in [1.54, 1.807) is 0 Å². The molecule has 3 heteroatoms. The minimum Gasteiger partial charge on any atom is -0.434 e. The van der Waals surface area contributed by atoms with Crippen molar-refractivity contribution >= 4 is 6.16 Å². The summed E-state index contributed by atoms with van der Waals surface area (Å²) in [6.07, 6.45) is 1.51. The maximum Gasteiger partial charge on any atom is 0.508 e. The van der Waals surface area contributed by atoms with Gasteiger partial charge in [0.1, 0.15) is 12.7 Å². The summed E-state index contributed by atoms with van der Waals surface area (Å²) in [4.78, 5) is 11.5.